The molecule has 2 N–H and O–H groups in total. The van der Waals surface area contributed by atoms with Crippen LogP contribution in [-0.2, 0) is 6.42 Å². The third-order valence-corrected chi connectivity index (χ3v) is 3.17. The smallest absolute Gasteiger partial charge is 0.212 e. The normalized spacial score (nSPS) is 12.9. The largest absolute Gasteiger partial charge is 0.439 e. The van der Waals surface area contributed by atoms with Gasteiger partial charge in [0, 0.05) is 5.56 Å². The van der Waals surface area contributed by atoms with Gasteiger partial charge in [0.2, 0.25) is 5.89 Å². The van der Waals surface area contributed by atoms with Crippen molar-refractivity contribution in [3.63, 3.8) is 0 Å². The molecule has 0 saturated heterocycles. The lowest BCUT2D eigenvalue weighted by atomic mass is 10.1. The molecule has 3 heteroatoms. The minimum Gasteiger partial charge on any atom is -0.439 e. The van der Waals surface area contributed by atoms with Gasteiger partial charge in [-0.3, -0.25) is 0 Å². The predicted octanol–water partition coefficient (Wildman–Crippen LogP) is 3.56. The molecule has 0 spiro atoms. The van der Waals surface area contributed by atoms with Gasteiger partial charge in [0.05, 0.1) is 12.2 Å². The highest BCUT2D eigenvalue weighted by molar-refractivity contribution is 5.56. The van der Waals surface area contributed by atoms with E-state index in [0.717, 1.165) is 17.7 Å². The van der Waals surface area contributed by atoms with Crippen LogP contribution in [0, 0.1) is 5.92 Å². The van der Waals surface area contributed by atoms with Crippen LogP contribution in [0.5, 0.6) is 0 Å². The topological polar surface area (TPSA) is 52.0 Å². The molecule has 1 unspecified atom stereocenters. The van der Waals surface area contributed by atoms with Crippen molar-refractivity contribution in [1.29, 1.82) is 0 Å². The third-order valence-electron chi connectivity index (χ3n) is 3.17. The lowest BCUT2D eigenvalue weighted by molar-refractivity contribution is 0.394. The number of rotatable bonds is 4. The minimum absolute atomic E-state index is 0.145. The van der Waals surface area contributed by atoms with Crippen LogP contribution in [0.4, 0.5) is 0 Å². The zero-order chi connectivity index (χ0) is 13.1. The maximum atomic E-state index is 6.02. The zero-order valence-electron chi connectivity index (χ0n) is 11.2. The first-order valence-corrected chi connectivity index (χ1v) is 6.42. The van der Waals surface area contributed by atoms with Gasteiger partial charge in [-0.1, -0.05) is 45.0 Å². The molecule has 0 radical (unpaired) electrons. The predicted molar refractivity (Wildman–Crippen MR) is 73.1 cm³/mol. The fraction of sp³-hybridized carbons (Fsp3) is 0.400. The highest BCUT2D eigenvalue weighted by atomic mass is 16.4. The highest BCUT2D eigenvalue weighted by Crippen LogP contribution is 2.25. The Labute approximate surface area is 108 Å². The Balaban J connectivity index is 2.23. The van der Waals surface area contributed by atoms with Crippen LogP contribution in [0.25, 0.3) is 11.3 Å². The van der Waals surface area contributed by atoms with Gasteiger partial charge in [0.15, 0.2) is 5.76 Å². The molecular weight excluding hydrogens is 224 g/mol. The number of benzene rings is 1. The van der Waals surface area contributed by atoms with Gasteiger partial charge in [-0.15, -0.1) is 0 Å². The molecule has 18 heavy (non-hydrogen) atoms. The van der Waals surface area contributed by atoms with E-state index in [9.17, 15) is 0 Å². The average Bonchev–Trinajstić information content (AvgIpc) is 2.87. The summed E-state index contributed by atoms with van der Waals surface area (Å²) in [6, 6.07) is 8.20. The molecule has 1 aromatic heterocycles. The van der Waals surface area contributed by atoms with Gasteiger partial charge in [-0.2, -0.15) is 0 Å². The second-order valence-electron chi connectivity index (χ2n) is 4.88. The van der Waals surface area contributed by atoms with Crippen LogP contribution < -0.4 is 5.73 Å². The van der Waals surface area contributed by atoms with Crippen molar-refractivity contribution in [1.82, 2.24) is 4.98 Å². The number of aromatic nitrogens is 1. The number of aryl methyl sites for hydroxylation is 1. The molecule has 3 nitrogen and oxygen atoms in total. The molecule has 0 aliphatic carbocycles. The third kappa shape index (κ3) is 2.62. The summed E-state index contributed by atoms with van der Waals surface area (Å²) in [7, 11) is 0. The summed E-state index contributed by atoms with van der Waals surface area (Å²) in [6.45, 7) is 6.26. The second kappa shape index (κ2) is 5.36. The van der Waals surface area contributed by atoms with Crippen molar-refractivity contribution in [2.24, 2.45) is 11.7 Å². The van der Waals surface area contributed by atoms with Gasteiger partial charge in [-0.05, 0) is 17.9 Å². The molecule has 0 fully saturated rings. The lowest BCUT2D eigenvalue weighted by Gasteiger charge is -2.10. The summed E-state index contributed by atoms with van der Waals surface area (Å²) in [5.41, 5.74) is 8.38. The van der Waals surface area contributed by atoms with Crippen LogP contribution in [0.2, 0.25) is 0 Å². The SMILES string of the molecule is CCc1ccc(-c2cnc(C(N)C(C)C)o2)cc1. The fourth-order valence-corrected chi connectivity index (χ4v) is 1.77. The van der Waals surface area contributed by atoms with E-state index in [0.29, 0.717) is 11.8 Å². The van der Waals surface area contributed by atoms with Gasteiger partial charge in [0.25, 0.3) is 0 Å². The van der Waals surface area contributed by atoms with Crippen LogP contribution in [-0.4, -0.2) is 4.98 Å². The van der Waals surface area contributed by atoms with Gasteiger partial charge in [0.1, 0.15) is 0 Å². The van der Waals surface area contributed by atoms with Gasteiger partial charge >= 0.3 is 0 Å². The molecule has 0 bridgehead atoms. The number of hydrogen-bond donors (Lipinski definition) is 1. The van der Waals surface area contributed by atoms with Crippen molar-refractivity contribution in [2.45, 2.75) is 33.2 Å². The molecule has 0 aliphatic heterocycles. The van der Waals surface area contributed by atoms with E-state index in [1.165, 1.54) is 5.56 Å². The number of oxazole rings is 1. The Kier molecular flexibility index (Phi) is 3.82. The van der Waals surface area contributed by atoms with Crippen LogP contribution in [0.1, 0.15) is 38.3 Å². The van der Waals surface area contributed by atoms with E-state index in [1.54, 1.807) is 6.20 Å². The summed E-state index contributed by atoms with van der Waals surface area (Å²) in [5.74, 6) is 1.71. The summed E-state index contributed by atoms with van der Waals surface area (Å²) < 4.78 is 5.73. The van der Waals surface area contributed by atoms with E-state index < -0.39 is 0 Å². The van der Waals surface area contributed by atoms with E-state index in [1.807, 2.05) is 0 Å². The maximum Gasteiger partial charge on any atom is 0.212 e. The molecule has 1 heterocycles. The first-order chi connectivity index (χ1) is 8.61. The van der Waals surface area contributed by atoms with Crippen LogP contribution >= 0.6 is 0 Å². The van der Waals surface area contributed by atoms with Crippen molar-refractivity contribution in [2.75, 3.05) is 0 Å². The monoisotopic (exact) mass is 244 g/mol. The lowest BCUT2D eigenvalue weighted by Crippen LogP contribution is -2.16. The number of nitrogens with zero attached hydrogens (tertiary/aromatic N) is 1. The van der Waals surface area contributed by atoms with Crippen LogP contribution in [0.15, 0.2) is 34.9 Å². The molecule has 0 aliphatic rings. The maximum absolute atomic E-state index is 6.02. The summed E-state index contributed by atoms with van der Waals surface area (Å²) in [5, 5.41) is 0. The second-order valence-corrected chi connectivity index (χ2v) is 4.88. The minimum atomic E-state index is -0.145. The van der Waals surface area contributed by atoms with E-state index >= 15 is 0 Å². The Bertz CT molecular complexity index is 499. The van der Waals surface area contributed by atoms with Gasteiger partial charge < -0.3 is 10.2 Å². The van der Waals surface area contributed by atoms with Crippen molar-refractivity contribution < 1.29 is 4.42 Å². The standard InChI is InChI=1S/C15H20N2O/c1-4-11-5-7-12(8-6-11)13-9-17-15(18-13)14(16)10(2)3/h5-10,14H,4,16H2,1-3H3. The summed E-state index contributed by atoms with van der Waals surface area (Å²) in [6.07, 6.45) is 2.79. The summed E-state index contributed by atoms with van der Waals surface area (Å²) >= 11 is 0. The molecule has 0 amide bonds. The zero-order valence-corrected chi connectivity index (χ0v) is 11.2. The molecule has 2 rings (SSSR count). The first kappa shape index (κ1) is 12.8. The van der Waals surface area contributed by atoms with E-state index in [-0.39, 0.29) is 6.04 Å². The Morgan fingerprint density at radius 3 is 2.44 bits per heavy atom. The van der Waals surface area contributed by atoms with Crippen molar-refractivity contribution in [3.8, 4) is 11.3 Å². The number of hydrogen-bond acceptors (Lipinski definition) is 3. The number of nitrogens with two attached hydrogens (primary N) is 1. The van der Waals surface area contributed by atoms with Crippen LogP contribution in [0.3, 0.4) is 0 Å². The van der Waals surface area contributed by atoms with Crippen molar-refractivity contribution in [3.05, 3.63) is 41.9 Å². The Morgan fingerprint density at radius 2 is 1.89 bits per heavy atom. The Morgan fingerprint density at radius 1 is 1.22 bits per heavy atom. The van der Waals surface area contributed by atoms with E-state index in [2.05, 4.69) is 50.0 Å². The molecule has 1 aromatic carbocycles. The average molecular weight is 244 g/mol. The molecule has 96 valence electrons. The molecule has 0 saturated carbocycles. The Hall–Kier alpha value is -1.61. The van der Waals surface area contributed by atoms with Crippen molar-refractivity contribution >= 4 is 0 Å². The highest BCUT2D eigenvalue weighted by Gasteiger charge is 2.16. The molecule has 2 aromatic rings. The quantitative estimate of drug-likeness (QED) is 0.894. The van der Waals surface area contributed by atoms with E-state index in [4.69, 9.17) is 10.2 Å². The first-order valence-electron chi connectivity index (χ1n) is 6.42. The fourth-order valence-electron chi connectivity index (χ4n) is 1.77. The molecular formula is C15H20N2O. The summed E-state index contributed by atoms with van der Waals surface area (Å²) in [4.78, 5) is 4.26. The molecule has 1 atom stereocenters. The van der Waals surface area contributed by atoms with Gasteiger partial charge in [-0.25, -0.2) is 4.98 Å².